The van der Waals surface area contributed by atoms with E-state index in [4.69, 9.17) is 0 Å². The first-order valence-electron chi connectivity index (χ1n) is 7.44. The van der Waals surface area contributed by atoms with Gasteiger partial charge in [-0.1, -0.05) is 0 Å². The number of fused-ring (bicyclic) bond motifs is 1. The highest BCUT2D eigenvalue weighted by molar-refractivity contribution is 5.58. The van der Waals surface area contributed by atoms with Crippen LogP contribution in [0.5, 0.6) is 0 Å². The van der Waals surface area contributed by atoms with Crippen molar-refractivity contribution in [2.45, 2.75) is 44.3 Å². The maximum Gasteiger partial charge on any atom is 0.290 e. The van der Waals surface area contributed by atoms with Gasteiger partial charge in [-0.05, 0) is 19.8 Å². The molecule has 0 bridgehead atoms. The number of aliphatic hydroxyl groups excluding tert-OH is 1. The molecule has 1 atom stereocenters. The molecule has 0 unspecified atom stereocenters. The lowest BCUT2D eigenvalue weighted by Crippen LogP contribution is -2.52. The average molecular weight is 296 g/mol. The highest BCUT2D eigenvalue weighted by Gasteiger charge is 2.45. The van der Waals surface area contributed by atoms with Crippen molar-refractivity contribution >= 4 is 11.8 Å². The first-order chi connectivity index (χ1) is 9.95. The minimum atomic E-state index is -2.86. The Bertz CT molecular complexity index is 589. The lowest BCUT2D eigenvalue weighted by Gasteiger charge is -2.41. The van der Waals surface area contributed by atoms with Crippen LogP contribution in [-0.2, 0) is 12.3 Å². The van der Waals surface area contributed by atoms with Crippen molar-refractivity contribution in [3.63, 3.8) is 0 Å². The van der Waals surface area contributed by atoms with Crippen LogP contribution in [0.25, 0.3) is 0 Å². The van der Waals surface area contributed by atoms with Gasteiger partial charge in [0.05, 0.1) is 6.10 Å². The van der Waals surface area contributed by atoms with Crippen molar-refractivity contribution < 1.29 is 13.9 Å². The van der Waals surface area contributed by atoms with Crippen molar-refractivity contribution in [1.29, 1.82) is 0 Å². The van der Waals surface area contributed by atoms with Crippen LogP contribution in [0, 0.1) is 0 Å². The van der Waals surface area contributed by atoms with Crippen molar-refractivity contribution in [2.24, 2.45) is 0 Å². The number of nitrogens with zero attached hydrogens (tertiary/aromatic N) is 4. The Morgan fingerprint density at radius 2 is 2.05 bits per heavy atom. The summed E-state index contributed by atoms with van der Waals surface area (Å²) in [4.78, 5) is 12.6. The van der Waals surface area contributed by atoms with E-state index in [9.17, 15) is 13.9 Å². The topological polar surface area (TPSA) is 52.5 Å². The van der Waals surface area contributed by atoms with Gasteiger partial charge in [-0.2, -0.15) is 13.8 Å². The van der Waals surface area contributed by atoms with Gasteiger partial charge >= 0.3 is 0 Å². The Balaban J connectivity index is 1.78. The third kappa shape index (κ3) is 1.90. The van der Waals surface area contributed by atoms with E-state index in [1.165, 1.54) is 0 Å². The molecule has 5 nitrogen and oxygen atoms in total. The van der Waals surface area contributed by atoms with E-state index in [0.717, 1.165) is 13.0 Å². The minimum absolute atomic E-state index is 0.108. The number of alkyl halides is 2. The Morgan fingerprint density at radius 1 is 1.29 bits per heavy atom. The van der Waals surface area contributed by atoms with Crippen molar-refractivity contribution in [2.75, 3.05) is 29.4 Å². The van der Waals surface area contributed by atoms with E-state index in [-0.39, 0.29) is 18.2 Å². The standard InChI is InChI=1S/C14H18F2N4O/c1-8-3-5-20(8)13-17-11-10(2-4-14(11,15)16)12(18-13)19-6-9(21)7-19/h8-9,21H,2-7H2,1H3/t8-/m0/s1. The molecule has 1 aromatic rings. The fraction of sp³-hybridized carbons (Fsp3) is 0.714. The molecular formula is C14H18F2N4O. The van der Waals surface area contributed by atoms with Gasteiger partial charge in [0.25, 0.3) is 5.92 Å². The van der Waals surface area contributed by atoms with E-state index in [0.29, 0.717) is 42.9 Å². The summed E-state index contributed by atoms with van der Waals surface area (Å²) < 4.78 is 28.1. The summed E-state index contributed by atoms with van der Waals surface area (Å²) in [7, 11) is 0. The third-order valence-corrected chi connectivity index (χ3v) is 4.75. The van der Waals surface area contributed by atoms with Gasteiger partial charge in [0.15, 0.2) is 0 Å². The smallest absolute Gasteiger partial charge is 0.290 e. The van der Waals surface area contributed by atoms with Gasteiger partial charge < -0.3 is 14.9 Å². The lowest BCUT2D eigenvalue weighted by atomic mass is 10.1. The molecule has 1 aliphatic carbocycles. The molecule has 1 aromatic heterocycles. The molecule has 21 heavy (non-hydrogen) atoms. The Labute approximate surface area is 121 Å². The van der Waals surface area contributed by atoms with Crippen LogP contribution in [-0.4, -0.2) is 46.9 Å². The highest BCUT2D eigenvalue weighted by atomic mass is 19.3. The SMILES string of the molecule is C[C@H]1CCN1c1nc(N2CC(O)C2)c2c(n1)C(F)(F)CC2. The van der Waals surface area contributed by atoms with Gasteiger partial charge in [0, 0.05) is 37.7 Å². The zero-order valence-corrected chi connectivity index (χ0v) is 11.9. The first kappa shape index (κ1) is 13.2. The van der Waals surface area contributed by atoms with E-state index >= 15 is 0 Å². The predicted octanol–water partition coefficient (Wildman–Crippen LogP) is 1.29. The second kappa shape index (κ2) is 4.25. The second-order valence-corrected chi connectivity index (χ2v) is 6.27. The Kier molecular flexibility index (Phi) is 2.67. The molecule has 4 rings (SSSR count). The maximum absolute atomic E-state index is 14.1. The zero-order chi connectivity index (χ0) is 14.8. The second-order valence-electron chi connectivity index (χ2n) is 6.27. The minimum Gasteiger partial charge on any atom is -0.389 e. The van der Waals surface area contributed by atoms with Crippen LogP contribution in [0.4, 0.5) is 20.5 Å². The van der Waals surface area contributed by atoms with E-state index in [1.807, 2.05) is 16.7 Å². The number of β-amino-alcohol motifs (C(OH)–C–C–N with tert-alkyl or cyclic N) is 1. The predicted molar refractivity (Wildman–Crippen MR) is 73.9 cm³/mol. The molecule has 114 valence electrons. The van der Waals surface area contributed by atoms with Crippen LogP contribution < -0.4 is 9.80 Å². The van der Waals surface area contributed by atoms with Gasteiger partial charge in [0.1, 0.15) is 11.5 Å². The van der Waals surface area contributed by atoms with Crippen molar-refractivity contribution in [3.05, 3.63) is 11.3 Å². The summed E-state index contributed by atoms with van der Waals surface area (Å²) >= 11 is 0. The quantitative estimate of drug-likeness (QED) is 0.891. The van der Waals surface area contributed by atoms with Crippen LogP contribution in [0.1, 0.15) is 31.0 Å². The van der Waals surface area contributed by atoms with Crippen molar-refractivity contribution in [3.8, 4) is 0 Å². The Hall–Kier alpha value is -1.50. The normalized spacial score (nSPS) is 27.3. The zero-order valence-electron chi connectivity index (χ0n) is 11.9. The summed E-state index contributed by atoms with van der Waals surface area (Å²) in [6, 6.07) is 0.299. The molecule has 7 heteroatoms. The van der Waals surface area contributed by atoms with Gasteiger partial charge in [-0.3, -0.25) is 0 Å². The number of rotatable bonds is 2. The molecule has 0 aromatic carbocycles. The number of aliphatic hydroxyl groups is 1. The number of hydrogen-bond donors (Lipinski definition) is 1. The Morgan fingerprint density at radius 3 is 2.62 bits per heavy atom. The van der Waals surface area contributed by atoms with Crippen molar-refractivity contribution in [1.82, 2.24) is 9.97 Å². The first-order valence-corrected chi connectivity index (χ1v) is 7.44. The summed E-state index contributed by atoms with van der Waals surface area (Å²) in [5.74, 6) is -1.86. The monoisotopic (exact) mass is 296 g/mol. The van der Waals surface area contributed by atoms with Crippen LogP contribution >= 0.6 is 0 Å². The maximum atomic E-state index is 14.1. The lowest BCUT2D eigenvalue weighted by molar-refractivity contribution is -0.00595. The van der Waals surface area contributed by atoms with Crippen LogP contribution in [0.2, 0.25) is 0 Å². The average Bonchev–Trinajstić information content (AvgIpc) is 2.69. The molecule has 0 amide bonds. The summed E-state index contributed by atoms with van der Waals surface area (Å²) in [5.41, 5.74) is 0.451. The summed E-state index contributed by atoms with van der Waals surface area (Å²) in [6.45, 7) is 3.78. The molecule has 2 aliphatic heterocycles. The van der Waals surface area contributed by atoms with Gasteiger partial charge in [-0.15, -0.1) is 0 Å². The van der Waals surface area contributed by atoms with Crippen LogP contribution in [0.15, 0.2) is 0 Å². The highest BCUT2D eigenvalue weighted by Crippen LogP contribution is 2.45. The summed E-state index contributed by atoms with van der Waals surface area (Å²) in [5, 5.41) is 9.47. The largest absolute Gasteiger partial charge is 0.389 e. The van der Waals surface area contributed by atoms with Crippen LogP contribution in [0.3, 0.4) is 0 Å². The van der Waals surface area contributed by atoms with E-state index < -0.39 is 5.92 Å². The number of anilines is 2. The molecule has 2 fully saturated rings. The number of halogens is 2. The molecule has 0 saturated carbocycles. The fourth-order valence-corrected chi connectivity index (χ4v) is 3.23. The molecular weight excluding hydrogens is 278 g/mol. The fourth-order valence-electron chi connectivity index (χ4n) is 3.23. The summed E-state index contributed by atoms with van der Waals surface area (Å²) in [6.07, 6.45) is 0.762. The number of hydrogen-bond acceptors (Lipinski definition) is 5. The molecule has 0 radical (unpaired) electrons. The van der Waals surface area contributed by atoms with Gasteiger partial charge in [0.2, 0.25) is 5.95 Å². The van der Waals surface area contributed by atoms with E-state index in [1.54, 1.807) is 0 Å². The molecule has 3 aliphatic rings. The molecule has 3 heterocycles. The molecule has 2 saturated heterocycles. The number of aromatic nitrogens is 2. The van der Waals surface area contributed by atoms with Gasteiger partial charge in [-0.25, -0.2) is 4.98 Å². The molecule has 0 spiro atoms. The third-order valence-electron chi connectivity index (χ3n) is 4.75. The molecule has 1 N–H and O–H groups in total. The van der Waals surface area contributed by atoms with E-state index in [2.05, 4.69) is 9.97 Å².